The van der Waals surface area contributed by atoms with Crippen molar-refractivity contribution in [2.75, 3.05) is 17.7 Å². The first-order valence-electron chi connectivity index (χ1n) is 17.5. The van der Waals surface area contributed by atoms with Gasteiger partial charge in [0.05, 0.1) is 7.11 Å². The van der Waals surface area contributed by atoms with Crippen LogP contribution in [-0.4, -0.2) is 62.8 Å². The van der Waals surface area contributed by atoms with Crippen LogP contribution in [0.5, 0.6) is 23.0 Å². The van der Waals surface area contributed by atoms with Gasteiger partial charge in [0.2, 0.25) is 5.91 Å². The van der Waals surface area contributed by atoms with Crippen molar-refractivity contribution in [3.05, 3.63) is 132 Å². The standard InChI is InChI=1S/C21H19FN4O4.C20H18FN5O3/c1-12(21(28)29-2)24-18-11-17(19(23)27)25-20(26-18)13-3-7-15(8-4-13)30-16-9-5-14(22)6-10-16;1-11(18(22)27)24-17-10-16(19(23)28)25-20(26-17)12-2-6-14(7-3-12)29-15-8-4-13(21)5-9-15/h3-12H,1-2H3,(H2,23,27)(H,24,25,26);2-11H,1H3,(H2,22,27)(H2,23,28)(H,24,25,26)/t12-;11-/m00/s1. The number of esters is 1. The van der Waals surface area contributed by atoms with E-state index < -0.39 is 35.8 Å². The van der Waals surface area contributed by atoms with E-state index in [1.807, 2.05) is 0 Å². The molecule has 0 spiro atoms. The molecule has 2 aromatic heterocycles. The van der Waals surface area contributed by atoms with E-state index in [2.05, 4.69) is 35.3 Å². The van der Waals surface area contributed by atoms with Gasteiger partial charge >= 0.3 is 5.97 Å². The molecule has 0 fully saturated rings. The number of nitrogens with two attached hydrogens (primary N) is 3. The number of ether oxygens (including phenoxy) is 3. The highest BCUT2D eigenvalue weighted by atomic mass is 19.1. The first-order valence-corrected chi connectivity index (χ1v) is 17.5. The first kappa shape index (κ1) is 42.1. The molecule has 2 atom stereocenters. The van der Waals surface area contributed by atoms with Crippen LogP contribution in [0.3, 0.4) is 0 Å². The van der Waals surface area contributed by atoms with Crippen LogP contribution in [0, 0.1) is 11.6 Å². The molecule has 0 aliphatic rings. The summed E-state index contributed by atoms with van der Waals surface area (Å²) >= 11 is 0. The Labute approximate surface area is 335 Å². The van der Waals surface area contributed by atoms with Crippen molar-refractivity contribution in [2.24, 2.45) is 17.2 Å². The molecule has 59 heavy (non-hydrogen) atoms. The molecule has 6 rings (SSSR count). The number of rotatable bonds is 14. The Morgan fingerprint density at radius 3 is 1.20 bits per heavy atom. The molecule has 8 N–H and O–H groups in total. The topological polar surface area (TPSA) is 250 Å². The number of aromatic nitrogens is 4. The number of anilines is 2. The zero-order valence-electron chi connectivity index (χ0n) is 31.7. The highest BCUT2D eigenvalue weighted by molar-refractivity contribution is 5.93. The number of carbonyl (C=O) groups excluding carboxylic acids is 4. The van der Waals surface area contributed by atoms with Crippen molar-refractivity contribution in [2.45, 2.75) is 25.9 Å². The van der Waals surface area contributed by atoms with E-state index >= 15 is 0 Å². The monoisotopic (exact) mass is 805 g/mol. The van der Waals surface area contributed by atoms with Gasteiger partial charge in [0.25, 0.3) is 11.8 Å². The summed E-state index contributed by atoms with van der Waals surface area (Å²) in [6.45, 7) is 3.16. The quantitative estimate of drug-likeness (QED) is 0.0842. The minimum atomic E-state index is -0.736. The van der Waals surface area contributed by atoms with Crippen LogP contribution >= 0.6 is 0 Å². The number of methoxy groups -OCH3 is 1. The van der Waals surface area contributed by atoms with Gasteiger partial charge in [0.1, 0.15) is 69.7 Å². The number of hydrogen-bond donors (Lipinski definition) is 5. The minimum Gasteiger partial charge on any atom is -0.467 e. The molecule has 0 saturated heterocycles. The van der Waals surface area contributed by atoms with Crippen molar-refractivity contribution in [1.29, 1.82) is 0 Å². The molecule has 0 saturated carbocycles. The van der Waals surface area contributed by atoms with E-state index in [1.165, 1.54) is 67.8 Å². The Kier molecular flexibility index (Phi) is 13.7. The Bertz CT molecular complexity index is 2440. The van der Waals surface area contributed by atoms with Crippen molar-refractivity contribution >= 4 is 35.3 Å². The van der Waals surface area contributed by atoms with Crippen molar-refractivity contribution in [1.82, 2.24) is 19.9 Å². The average molecular weight is 806 g/mol. The molecule has 3 amide bonds. The van der Waals surface area contributed by atoms with E-state index in [4.69, 9.17) is 26.7 Å². The molecular formula is C41H37F2N9O7. The largest absolute Gasteiger partial charge is 0.467 e. The minimum absolute atomic E-state index is 0.00814. The highest BCUT2D eigenvalue weighted by Crippen LogP contribution is 2.27. The van der Waals surface area contributed by atoms with E-state index in [1.54, 1.807) is 62.4 Å². The van der Waals surface area contributed by atoms with Crippen LogP contribution in [0.4, 0.5) is 20.4 Å². The summed E-state index contributed by atoms with van der Waals surface area (Å²) in [5.41, 5.74) is 17.1. The van der Waals surface area contributed by atoms with Gasteiger partial charge in [-0.25, -0.2) is 33.5 Å². The SMILES string of the molecule is COC(=O)[C@H](C)Nc1cc(C(N)=O)nc(-c2ccc(Oc3ccc(F)cc3)cc2)n1.C[C@H](Nc1cc(C(N)=O)nc(-c2ccc(Oc3ccc(F)cc3)cc2)n1)C(N)=O. The van der Waals surface area contributed by atoms with Gasteiger partial charge < -0.3 is 42.0 Å². The zero-order valence-corrected chi connectivity index (χ0v) is 31.7. The number of amides is 3. The highest BCUT2D eigenvalue weighted by Gasteiger charge is 2.18. The molecule has 6 aromatic rings. The number of carbonyl (C=O) groups is 4. The Morgan fingerprint density at radius 1 is 0.542 bits per heavy atom. The predicted molar refractivity (Wildman–Crippen MR) is 212 cm³/mol. The smallest absolute Gasteiger partial charge is 0.328 e. The summed E-state index contributed by atoms with van der Waals surface area (Å²) in [7, 11) is 1.27. The second-order valence-corrected chi connectivity index (χ2v) is 12.5. The predicted octanol–water partition coefficient (Wildman–Crippen LogP) is 5.61. The number of primary amides is 3. The molecule has 0 aliphatic heterocycles. The molecule has 0 radical (unpaired) electrons. The van der Waals surface area contributed by atoms with Crippen molar-refractivity contribution < 1.29 is 42.2 Å². The van der Waals surface area contributed by atoms with Gasteiger partial charge in [-0.05, 0) is 111 Å². The third kappa shape index (κ3) is 12.0. The summed E-state index contributed by atoms with van der Waals surface area (Å²) in [4.78, 5) is 63.2. The lowest BCUT2D eigenvalue weighted by molar-refractivity contribution is -0.141. The third-order valence-electron chi connectivity index (χ3n) is 7.99. The fourth-order valence-corrected chi connectivity index (χ4v) is 4.93. The molecule has 0 bridgehead atoms. The Balaban J connectivity index is 0.000000224. The number of hydrogen-bond acceptors (Lipinski definition) is 13. The molecule has 4 aromatic carbocycles. The Hall–Kier alpha value is -8.02. The summed E-state index contributed by atoms with van der Waals surface area (Å²) in [5, 5.41) is 5.66. The molecule has 18 heteroatoms. The van der Waals surface area contributed by atoms with Crippen LogP contribution < -0.4 is 37.3 Å². The fraction of sp³-hybridized carbons (Fsp3) is 0.122. The normalized spacial score (nSPS) is 11.5. The lowest BCUT2D eigenvalue weighted by atomic mass is 10.2. The maximum atomic E-state index is 13.0. The van der Waals surface area contributed by atoms with Gasteiger partial charge in [-0.1, -0.05) is 0 Å². The summed E-state index contributed by atoms with van der Waals surface area (Å²) in [6, 6.07) is 26.1. The number of nitrogens with zero attached hydrogens (tertiary/aromatic N) is 4. The Morgan fingerprint density at radius 2 is 0.881 bits per heavy atom. The van der Waals surface area contributed by atoms with Gasteiger partial charge in [-0.15, -0.1) is 0 Å². The maximum absolute atomic E-state index is 13.0. The summed E-state index contributed by atoms with van der Waals surface area (Å²) in [5.74, 6) is -0.273. The molecule has 0 unspecified atom stereocenters. The molecule has 2 heterocycles. The number of halogens is 2. The first-order chi connectivity index (χ1) is 28.2. The third-order valence-corrected chi connectivity index (χ3v) is 7.99. The van der Waals surface area contributed by atoms with Gasteiger partial charge in [0.15, 0.2) is 11.6 Å². The van der Waals surface area contributed by atoms with Crippen molar-refractivity contribution in [3.63, 3.8) is 0 Å². The van der Waals surface area contributed by atoms with Gasteiger partial charge in [-0.2, -0.15) is 0 Å². The fourth-order valence-electron chi connectivity index (χ4n) is 4.93. The van der Waals surface area contributed by atoms with Crippen LogP contribution in [0.2, 0.25) is 0 Å². The summed E-state index contributed by atoms with van der Waals surface area (Å²) < 4.78 is 42.0. The number of benzene rings is 4. The summed E-state index contributed by atoms with van der Waals surface area (Å²) in [6.07, 6.45) is 0. The van der Waals surface area contributed by atoms with E-state index in [-0.39, 0.29) is 46.3 Å². The van der Waals surface area contributed by atoms with E-state index in [0.29, 0.717) is 34.1 Å². The van der Waals surface area contributed by atoms with Crippen molar-refractivity contribution in [3.8, 4) is 45.8 Å². The molecular weight excluding hydrogens is 769 g/mol. The van der Waals surface area contributed by atoms with Crippen LogP contribution in [0.25, 0.3) is 22.8 Å². The lowest BCUT2D eigenvalue weighted by Gasteiger charge is -2.13. The van der Waals surface area contributed by atoms with E-state index in [9.17, 15) is 28.0 Å². The zero-order chi connectivity index (χ0) is 42.6. The maximum Gasteiger partial charge on any atom is 0.328 e. The van der Waals surface area contributed by atoms with Gasteiger partial charge in [0, 0.05) is 23.3 Å². The van der Waals surface area contributed by atoms with E-state index in [0.717, 1.165) is 0 Å². The molecule has 0 aliphatic carbocycles. The second-order valence-electron chi connectivity index (χ2n) is 12.5. The second kappa shape index (κ2) is 19.2. The van der Waals surface area contributed by atoms with Crippen LogP contribution in [0.1, 0.15) is 34.8 Å². The van der Waals surface area contributed by atoms with Crippen LogP contribution in [0.15, 0.2) is 109 Å². The van der Waals surface area contributed by atoms with Crippen LogP contribution in [-0.2, 0) is 14.3 Å². The molecule has 16 nitrogen and oxygen atoms in total. The lowest BCUT2D eigenvalue weighted by Crippen LogP contribution is -2.33. The number of nitrogens with one attached hydrogen (secondary N) is 2. The van der Waals surface area contributed by atoms with Gasteiger partial charge in [-0.3, -0.25) is 14.4 Å². The molecule has 302 valence electrons. The average Bonchev–Trinajstić information content (AvgIpc) is 3.22.